The third kappa shape index (κ3) is 3.81. The lowest BCUT2D eigenvalue weighted by Gasteiger charge is -2.16. The summed E-state index contributed by atoms with van der Waals surface area (Å²) in [6, 6.07) is 2.03. The highest BCUT2D eigenvalue weighted by Crippen LogP contribution is 2.13. The molecule has 0 bridgehead atoms. The fraction of sp³-hybridized carbons (Fsp3) is 0.625. The number of ether oxygens (including phenoxy) is 1. The quantitative estimate of drug-likeness (QED) is 0.790. The van der Waals surface area contributed by atoms with Crippen LogP contribution >= 0.6 is 0 Å². The Balaban J connectivity index is 1.55. The van der Waals surface area contributed by atoms with Gasteiger partial charge in [0.05, 0.1) is 31.1 Å². The zero-order valence-electron chi connectivity index (χ0n) is 14.5. The highest BCUT2D eigenvalue weighted by Gasteiger charge is 2.19. The zero-order valence-corrected chi connectivity index (χ0v) is 14.5. The number of rotatable bonds is 6. The lowest BCUT2D eigenvalue weighted by Crippen LogP contribution is -2.30. The van der Waals surface area contributed by atoms with Gasteiger partial charge in [-0.3, -0.25) is 9.48 Å². The zero-order chi connectivity index (χ0) is 17.1. The van der Waals surface area contributed by atoms with Crippen LogP contribution in [-0.2, 0) is 17.8 Å². The van der Waals surface area contributed by atoms with Gasteiger partial charge in [0.2, 0.25) is 0 Å². The lowest BCUT2D eigenvalue weighted by molar-refractivity contribution is 0.0782. The number of aromatic nitrogens is 5. The topological polar surface area (TPSA) is 78.1 Å². The highest BCUT2D eigenvalue weighted by molar-refractivity contribution is 5.91. The van der Waals surface area contributed by atoms with Gasteiger partial charge >= 0.3 is 0 Å². The largest absolute Gasteiger partial charge is 0.376 e. The van der Waals surface area contributed by atoms with Crippen LogP contribution in [0.4, 0.5) is 0 Å². The number of hydrogen-bond acceptors (Lipinski definition) is 5. The van der Waals surface area contributed by atoms with E-state index in [0.29, 0.717) is 25.3 Å². The molecule has 1 fully saturated rings. The Morgan fingerprint density at radius 1 is 1.46 bits per heavy atom. The Hall–Kier alpha value is -2.22. The maximum atomic E-state index is 12.5. The van der Waals surface area contributed by atoms with Crippen LogP contribution in [0, 0.1) is 13.8 Å². The second-order valence-corrected chi connectivity index (χ2v) is 6.34. The van der Waals surface area contributed by atoms with E-state index in [1.54, 1.807) is 22.8 Å². The smallest absolute Gasteiger partial charge is 0.275 e. The van der Waals surface area contributed by atoms with Crippen molar-refractivity contribution < 1.29 is 9.53 Å². The molecule has 0 unspecified atom stereocenters. The number of carbonyl (C=O) groups excluding carboxylic acids is 1. The summed E-state index contributed by atoms with van der Waals surface area (Å²) in [4.78, 5) is 14.1. The predicted octanol–water partition coefficient (Wildman–Crippen LogP) is 1.04. The number of aryl methyl sites for hydroxylation is 2. The van der Waals surface area contributed by atoms with Crippen LogP contribution in [0.15, 0.2) is 12.3 Å². The van der Waals surface area contributed by atoms with Crippen LogP contribution < -0.4 is 0 Å². The predicted molar refractivity (Wildman–Crippen MR) is 87.7 cm³/mol. The molecular weight excluding hydrogens is 308 g/mol. The van der Waals surface area contributed by atoms with Gasteiger partial charge in [-0.15, -0.1) is 5.10 Å². The van der Waals surface area contributed by atoms with E-state index in [-0.39, 0.29) is 12.0 Å². The van der Waals surface area contributed by atoms with Crippen molar-refractivity contribution in [1.29, 1.82) is 0 Å². The first kappa shape index (κ1) is 16.6. The van der Waals surface area contributed by atoms with Crippen LogP contribution in [0.2, 0.25) is 0 Å². The van der Waals surface area contributed by atoms with Gasteiger partial charge in [0, 0.05) is 25.9 Å². The SMILES string of the molecule is Cc1cc(C)n(CCN(C)C(=O)c2cn(C[C@H]3CCCO3)nn2)n1. The molecule has 24 heavy (non-hydrogen) atoms. The molecular formula is C16H24N6O2. The van der Waals surface area contributed by atoms with Crippen molar-refractivity contribution >= 4 is 5.91 Å². The molecule has 0 N–H and O–H groups in total. The third-order valence-electron chi connectivity index (χ3n) is 4.27. The molecule has 0 aromatic carbocycles. The Bertz CT molecular complexity index is 701. The Kier molecular flexibility index (Phi) is 4.94. The molecule has 0 saturated carbocycles. The molecule has 3 heterocycles. The molecule has 8 heteroatoms. The minimum Gasteiger partial charge on any atom is -0.376 e. The van der Waals surface area contributed by atoms with E-state index in [1.807, 2.05) is 24.6 Å². The summed E-state index contributed by atoms with van der Waals surface area (Å²) in [5.74, 6) is -0.130. The minimum atomic E-state index is -0.130. The summed E-state index contributed by atoms with van der Waals surface area (Å²) in [5.41, 5.74) is 2.44. The van der Waals surface area contributed by atoms with E-state index in [1.165, 1.54) is 0 Å². The molecule has 1 atom stereocenters. The van der Waals surface area contributed by atoms with Crippen LogP contribution in [-0.4, -0.2) is 61.9 Å². The molecule has 0 radical (unpaired) electrons. The second kappa shape index (κ2) is 7.12. The average molecular weight is 332 g/mol. The maximum Gasteiger partial charge on any atom is 0.275 e. The van der Waals surface area contributed by atoms with Gasteiger partial charge in [0.25, 0.3) is 5.91 Å². The van der Waals surface area contributed by atoms with E-state index < -0.39 is 0 Å². The first-order chi connectivity index (χ1) is 11.5. The summed E-state index contributed by atoms with van der Waals surface area (Å²) >= 11 is 0. The molecule has 130 valence electrons. The van der Waals surface area contributed by atoms with E-state index in [4.69, 9.17) is 4.74 Å². The van der Waals surface area contributed by atoms with Gasteiger partial charge in [0.1, 0.15) is 0 Å². The van der Waals surface area contributed by atoms with Gasteiger partial charge < -0.3 is 9.64 Å². The van der Waals surface area contributed by atoms with Crippen LogP contribution in [0.3, 0.4) is 0 Å². The summed E-state index contributed by atoms with van der Waals surface area (Å²) in [6.07, 6.45) is 3.99. The molecule has 0 aliphatic carbocycles. The number of carbonyl (C=O) groups is 1. The van der Waals surface area contributed by atoms with Crippen molar-refractivity contribution in [3.8, 4) is 0 Å². The Labute approximate surface area is 141 Å². The standard InChI is InChI=1S/C16H24N6O2/c1-12-9-13(2)22(18-12)7-6-20(3)16(23)15-11-21(19-17-15)10-14-5-4-8-24-14/h9,11,14H,4-8,10H2,1-3H3/t14-/m1/s1. The van der Waals surface area contributed by atoms with E-state index >= 15 is 0 Å². The van der Waals surface area contributed by atoms with Crippen molar-refractivity contribution in [2.24, 2.45) is 0 Å². The van der Waals surface area contributed by atoms with Gasteiger partial charge in [-0.2, -0.15) is 5.10 Å². The molecule has 1 aliphatic rings. The maximum absolute atomic E-state index is 12.5. The second-order valence-electron chi connectivity index (χ2n) is 6.34. The van der Waals surface area contributed by atoms with Crippen LogP contribution in [0.1, 0.15) is 34.7 Å². The van der Waals surface area contributed by atoms with Gasteiger partial charge in [-0.1, -0.05) is 5.21 Å². The van der Waals surface area contributed by atoms with Gasteiger partial charge in [-0.05, 0) is 32.8 Å². The molecule has 2 aromatic heterocycles. The van der Waals surface area contributed by atoms with Crippen molar-refractivity contribution in [2.45, 2.75) is 45.9 Å². The van der Waals surface area contributed by atoms with Crippen molar-refractivity contribution in [3.63, 3.8) is 0 Å². The summed E-state index contributed by atoms with van der Waals surface area (Å²) in [6.45, 7) is 6.66. The Morgan fingerprint density at radius 2 is 2.29 bits per heavy atom. The molecule has 2 aromatic rings. The number of likely N-dealkylation sites (N-methyl/N-ethyl adjacent to an activating group) is 1. The van der Waals surface area contributed by atoms with Crippen LogP contribution in [0.25, 0.3) is 0 Å². The van der Waals surface area contributed by atoms with E-state index in [2.05, 4.69) is 15.4 Å². The van der Waals surface area contributed by atoms with Gasteiger partial charge in [-0.25, -0.2) is 4.68 Å². The molecule has 3 rings (SSSR count). The number of nitrogens with zero attached hydrogens (tertiary/aromatic N) is 6. The number of hydrogen-bond donors (Lipinski definition) is 0. The Morgan fingerprint density at radius 3 is 2.96 bits per heavy atom. The highest BCUT2D eigenvalue weighted by atomic mass is 16.5. The molecule has 0 spiro atoms. The average Bonchev–Trinajstić information content (AvgIpc) is 3.27. The normalized spacial score (nSPS) is 17.4. The molecule has 8 nitrogen and oxygen atoms in total. The summed E-state index contributed by atoms with van der Waals surface area (Å²) < 4.78 is 9.18. The monoisotopic (exact) mass is 332 g/mol. The first-order valence-corrected chi connectivity index (χ1v) is 8.31. The number of amides is 1. The van der Waals surface area contributed by atoms with Crippen molar-refractivity contribution in [2.75, 3.05) is 20.2 Å². The fourth-order valence-electron chi connectivity index (χ4n) is 2.93. The molecule has 1 aliphatic heterocycles. The molecule has 1 saturated heterocycles. The van der Waals surface area contributed by atoms with Crippen molar-refractivity contribution in [3.05, 3.63) is 29.3 Å². The van der Waals surface area contributed by atoms with E-state index in [9.17, 15) is 4.79 Å². The fourth-order valence-corrected chi connectivity index (χ4v) is 2.93. The summed E-state index contributed by atoms with van der Waals surface area (Å²) in [5, 5.41) is 12.4. The van der Waals surface area contributed by atoms with Crippen molar-refractivity contribution in [1.82, 2.24) is 29.7 Å². The minimum absolute atomic E-state index is 0.130. The first-order valence-electron chi connectivity index (χ1n) is 8.31. The summed E-state index contributed by atoms with van der Waals surface area (Å²) in [7, 11) is 1.77. The lowest BCUT2D eigenvalue weighted by atomic mass is 10.2. The van der Waals surface area contributed by atoms with Gasteiger partial charge in [0.15, 0.2) is 5.69 Å². The van der Waals surface area contributed by atoms with Crippen LogP contribution in [0.5, 0.6) is 0 Å². The third-order valence-corrected chi connectivity index (χ3v) is 4.27. The van der Waals surface area contributed by atoms with E-state index in [0.717, 1.165) is 30.8 Å². The molecule has 1 amide bonds.